The first kappa shape index (κ1) is 55.0. The Hall–Kier alpha value is -7.56. The van der Waals surface area contributed by atoms with Crippen molar-refractivity contribution in [3.8, 4) is 45.4 Å². The molecule has 2 amide bonds. The Morgan fingerprint density at radius 3 is 2.51 bits per heavy atom. The van der Waals surface area contributed by atoms with Crippen molar-refractivity contribution >= 4 is 51.0 Å². The van der Waals surface area contributed by atoms with Crippen molar-refractivity contribution in [2.24, 2.45) is 5.92 Å². The van der Waals surface area contributed by atoms with Crippen molar-refractivity contribution in [3.63, 3.8) is 0 Å². The van der Waals surface area contributed by atoms with Gasteiger partial charge in [0, 0.05) is 85.5 Å². The Kier molecular flexibility index (Phi) is 15.2. The summed E-state index contributed by atoms with van der Waals surface area (Å²) < 4.78 is 38.4. The number of aryl methyl sites for hydroxylation is 1. The molecule has 7 heterocycles. The van der Waals surface area contributed by atoms with Crippen LogP contribution in [0.25, 0.3) is 55.4 Å². The van der Waals surface area contributed by atoms with E-state index in [0.29, 0.717) is 62.3 Å². The molecule has 1 saturated carbocycles. The van der Waals surface area contributed by atoms with Crippen LogP contribution in [0.1, 0.15) is 93.6 Å². The predicted molar refractivity (Wildman–Crippen MR) is 307 cm³/mol. The number of amides is 2. The molecule has 3 saturated heterocycles. The number of H-pyrrole nitrogens is 1. The van der Waals surface area contributed by atoms with Crippen LogP contribution < -0.4 is 25.0 Å². The average molecular weight is 1140 g/mol. The van der Waals surface area contributed by atoms with Gasteiger partial charge in [0.05, 0.1) is 53.5 Å². The summed E-state index contributed by atoms with van der Waals surface area (Å²) in [5, 5.41) is 50.5. The maximum atomic E-state index is 16.1. The highest BCUT2D eigenvalue weighted by Crippen LogP contribution is 2.53. The quantitative estimate of drug-likeness (QED) is 0.0489. The van der Waals surface area contributed by atoms with Gasteiger partial charge in [-0.05, 0) is 104 Å². The van der Waals surface area contributed by atoms with Gasteiger partial charge in [-0.3, -0.25) is 19.4 Å². The molecule has 4 aliphatic rings. The molecule has 20 nitrogen and oxygen atoms in total. The van der Waals surface area contributed by atoms with Gasteiger partial charge in [0.15, 0.2) is 5.75 Å². The molecule has 12 rings (SSSR count). The van der Waals surface area contributed by atoms with Crippen molar-refractivity contribution in [1.82, 2.24) is 60.5 Å². The number of carbonyl (C=O) groups excluding carboxylic acids is 2. The van der Waals surface area contributed by atoms with Gasteiger partial charge < -0.3 is 44.9 Å². The van der Waals surface area contributed by atoms with Gasteiger partial charge in [0.1, 0.15) is 48.1 Å². The summed E-state index contributed by atoms with van der Waals surface area (Å²) in [7, 11) is 1.63. The molecule has 5 N–H and O–H groups in total. The topological polar surface area (TPSA) is 236 Å². The molecule has 4 aromatic heterocycles. The maximum absolute atomic E-state index is 16.1. The van der Waals surface area contributed by atoms with Crippen LogP contribution in [0.3, 0.4) is 0 Å². The summed E-state index contributed by atoms with van der Waals surface area (Å²) in [4.78, 5) is 42.7. The molecule has 1 aliphatic carbocycles. The second kappa shape index (κ2) is 22.6. The Labute approximate surface area is 478 Å². The first-order valence-electron chi connectivity index (χ1n) is 28.2. The third kappa shape index (κ3) is 10.4. The number of β-amino-alcohol motifs (C(OH)–C–C–N with tert-alkyl or cyclic N) is 1. The summed E-state index contributed by atoms with van der Waals surface area (Å²) in [5.41, 5.74) is 8.21. The summed E-state index contributed by atoms with van der Waals surface area (Å²) in [5.74, 6) is -0.198. The van der Waals surface area contributed by atoms with Gasteiger partial charge in [-0.2, -0.15) is 20.2 Å². The van der Waals surface area contributed by atoms with Gasteiger partial charge in [0.25, 0.3) is 0 Å². The predicted octanol–water partition coefficient (Wildman–Crippen LogP) is 7.85. The Morgan fingerprint density at radius 1 is 0.988 bits per heavy atom. The van der Waals surface area contributed by atoms with Crippen LogP contribution in [0.2, 0.25) is 5.02 Å². The first-order chi connectivity index (χ1) is 39.7. The van der Waals surface area contributed by atoms with Gasteiger partial charge in [-0.15, -0.1) is 5.10 Å². The number of nitrogens with one attached hydrogen (secondary N) is 3. The Bertz CT molecular complexity index is 3700. The molecule has 0 spiro atoms. The molecular formula is C60H67ClFN13O7. The molecule has 7 atom stereocenters. The van der Waals surface area contributed by atoms with Gasteiger partial charge in [-0.1, -0.05) is 67.1 Å². The van der Waals surface area contributed by atoms with E-state index in [0.717, 1.165) is 76.9 Å². The molecular weight excluding hydrogens is 1070 g/mol. The first-order valence-corrected chi connectivity index (χ1v) is 28.6. The van der Waals surface area contributed by atoms with Crippen molar-refractivity contribution in [2.45, 2.75) is 122 Å². The van der Waals surface area contributed by atoms with E-state index < -0.39 is 36.0 Å². The number of hydrogen-bond donors (Lipinski definition) is 5. The van der Waals surface area contributed by atoms with Crippen LogP contribution in [0, 0.1) is 18.7 Å². The maximum Gasteiger partial charge on any atom is 0.319 e. The number of fused-ring (bicyclic) bond motifs is 4. The van der Waals surface area contributed by atoms with E-state index in [1.54, 1.807) is 38.7 Å². The average Bonchev–Trinajstić information content (AvgIpc) is 2.50. The number of aliphatic hydroxyl groups excluding tert-OH is 2. The molecule has 4 fully saturated rings. The smallest absolute Gasteiger partial charge is 0.319 e. The lowest BCUT2D eigenvalue weighted by Gasteiger charge is -2.30. The van der Waals surface area contributed by atoms with E-state index in [9.17, 15) is 19.8 Å². The number of likely N-dealkylation sites (tertiary alicyclic amines) is 1. The number of anilines is 1. The fourth-order valence-corrected chi connectivity index (χ4v) is 12.4. The van der Waals surface area contributed by atoms with Crippen molar-refractivity contribution in [3.05, 3.63) is 112 Å². The molecule has 2 bridgehead atoms. The molecule has 82 heavy (non-hydrogen) atoms. The fraction of sp³-hybridized carbons (Fsp3) is 0.433. The number of hydrogen-bond acceptors (Lipinski definition) is 15. The van der Waals surface area contributed by atoms with Crippen molar-refractivity contribution in [1.29, 1.82) is 0 Å². The highest BCUT2D eigenvalue weighted by molar-refractivity contribution is 6.33. The molecule has 3 aliphatic heterocycles. The number of halogens is 2. The number of nitrogens with zero attached hydrogens (tertiary/aromatic N) is 10. The lowest BCUT2D eigenvalue weighted by molar-refractivity contribution is -0.142. The molecule has 22 heteroatoms. The Morgan fingerprint density at radius 2 is 1.80 bits per heavy atom. The zero-order valence-corrected chi connectivity index (χ0v) is 47.4. The van der Waals surface area contributed by atoms with Gasteiger partial charge in [0.2, 0.25) is 11.8 Å². The second-order valence-electron chi connectivity index (χ2n) is 22.5. The normalized spacial score (nSPS) is 19.9. The molecule has 0 unspecified atom stereocenters. The fourth-order valence-electron chi connectivity index (χ4n) is 12.1. The number of ether oxygens (including phenoxy) is 3. The van der Waals surface area contributed by atoms with Crippen molar-refractivity contribution < 1.29 is 38.4 Å². The molecule has 428 valence electrons. The minimum Gasteiger partial charge on any atom is -0.486 e. The van der Waals surface area contributed by atoms with Gasteiger partial charge in [-0.25, -0.2) is 9.07 Å². The van der Waals surface area contributed by atoms with Gasteiger partial charge >= 0.3 is 6.01 Å². The third-order valence-electron chi connectivity index (χ3n) is 16.7. The lowest BCUT2D eigenvalue weighted by Crippen LogP contribution is -2.50. The number of aromatic nitrogens is 9. The van der Waals surface area contributed by atoms with Crippen LogP contribution in [-0.4, -0.2) is 142 Å². The highest BCUT2D eigenvalue weighted by Gasteiger charge is 2.44. The highest BCUT2D eigenvalue weighted by atomic mass is 35.5. The zero-order chi connectivity index (χ0) is 57.1. The number of rotatable bonds is 20. The number of benzene rings is 4. The standard InChI is InChI=1S/C60H67ClFN13O7/c1-7-74-50(16-17-65-74)37-13-11-36(12-14-37)49(28-76)66-58(78)51-20-40(77)26-73(51)59(79)55(31(2)3)75-27-48(70-71-75)41-15-8-34(18-45(41)61)30-81-56-53(52-33(5)46(62)22-47-44(52)24-64-69-47)42(35-9-10-35)21-43-54(56)67-60(82-29-32(4)80-6)68-57(43)72-25-38-19-39(72)23-63-38/h8,11-18,21-22,24,27,31-32,35,38-40,49,51,55,63,76-77H,7,9-10,19-20,23,25-26,28-30H2,1-6H3,(H,64,69)(H,66,78)/t32-,38-,39-,40+,49-,51-,55-/m0/s1. The van der Waals surface area contributed by atoms with E-state index in [2.05, 4.69) is 47.2 Å². The van der Waals surface area contributed by atoms with Crippen LogP contribution in [0.4, 0.5) is 10.2 Å². The van der Waals surface area contributed by atoms with E-state index in [1.807, 2.05) is 74.8 Å². The molecule has 8 aromatic rings. The van der Waals surface area contributed by atoms with Crippen molar-refractivity contribution in [2.75, 3.05) is 44.9 Å². The molecule has 4 aromatic carbocycles. The number of piperazine rings is 1. The number of aliphatic hydroxyl groups is 2. The SMILES string of the molecule is CCn1nccc1-c1ccc([C@H](CO)NC(=O)[C@@H]2C[C@@H](O)CN2C(=O)[C@H](C(C)C)n2cc(-c3ccc(COc4c(-c5c(C)c(F)cc6[nH]ncc56)c(C5CC5)cc5c(N6C[C@@H]7C[C@H]6CN7)nc(OC[C@H](C)OC)nc45)cc3Cl)nn2)cc1. The van der Waals surface area contributed by atoms with E-state index in [4.69, 9.17) is 35.8 Å². The minimum atomic E-state index is -1.01. The summed E-state index contributed by atoms with van der Waals surface area (Å²) in [6.07, 6.45) is 6.87. The monoisotopic (exact) mass is 1140 g/mol. The zero-order valence-electron chi connectivity index (χ0n) is 46.6. The number of aromatic amines is 1. The van der Waals surface area contributed by atoms with E-state index >= 15 is 4.39 Å². The van der Waals surface area contributed by atoms with Crippen LogP contribution >= 0.6 is 11.6 Å². The number of carbonyl (C=O) groups is 2. The lowest BCUT2D eigenvalue weighted by atomic mass is 9.88. The summed E-state index contributed by atoms with van der Waals surface area (Å²) >= 11 is 7.17. The minimum absolute atomic E-state index is 0.0206. The van der Waals surface area contributed by atoms with E-state index in [1.165, 1.54) is 15.6 Å². The third-order valence-corrected chi connectivity index (χ3v) is 17.0. The molecule has 0 radical (unpaired) electrons. The second-order valence-corrected chi connectivity index (χ2v) is 22.9. The van der Waals surface area contributed by atoms with Crippen LogP contribution in [0.15, 0.2) is 79.3 Å². The summed E-state index contributed by atoms with van der Waals surface area (Å²) in [6, 6.07) is 16.7. The summed E-state index contributed by atoms with van der Waals surface area (Å²) in [6.45, 7) is 11.6. The van der Waals surface area contributed by atoms with Crippen LogP contribution in [0.5, 0.6) is 11.8 Å². The Balaban J connectivity index is 0.831. The van der Waals surface area contributed by atoms with Crippen LogP contribution in [-0.2, 0) is 27.5 Å². The largest absolute Gasteiger partial charge is 0.486 e. The number of methoxy groups -OCH3 is 1. The van der Waals surface area contributed by atoms with E-state index in [-0.39, 0.29) is 68.6 Å².